The highest BCUT2D eigenvalue weighted by Gasteiger charge is 2.35. The van der Waals surface area contributed by atoms with Crippen LogP contribution in [0, 0.1) is 5.92 Å². The summed E-state index contributed by atoms with van der Waals surface area (Å²) < 4.78 is 23.0. The molecule has 0 aliphatic carbocycles. The molecule has 0 aromatic carbocycles. The van der Waals surface area contributed by atoms with E-state index in [1.54, 1.807) is 0 Å². The van der Waals surface area contributed by atoms with Gasteiger partial charge in [0.15, 0.2) is 9.84 Å². The Balaban J connectivity index is 2.56. The molecule has 1 rings (SSSR count). The minimum absolute atomic E-state index is 0.00835. The van der Waals surface area contributed by atoms with Crippen molar-refractivity contribution < 1.29 is 23.1 Å². The zero-order valence-corrected chi connectivity index (χ0v) is 13.4. The maximum atomic E-state index is 12.1. The number of urea groups is 1. The van der Waals surface area contributed by atoms with Crippen LogP contribution in [-0.4, -0.2) is 61.1 Å². The van der Waals surface area contributed by atoms with Crippen molar-refractivity contribution in [1.82, 2.24) is 10.2 Å². The molecule has 21 heavy (non-hydrogen) atoms. The summed E-state index contributed by atoms with van der Waals surface area (Å²) in [5.74, 6) is -0.748. The lowest BCUT2D eigenvalue weighted by Gasteiger charge is -2.26. The molecule has 1 atom stereocenters. The number of carbonyl (C=O) groups is 2. The Morgan fingerprint density at radius 3 is 2.52 bits per heavy atom. The van der Waals surface area contributed by atoms with Gasteiger partial charge in [0.05, 0.1) is 11.5 Å². The van der Waals surface area contributed by atoms with Crippen LogP contribution in [0.3, 0.4) is 0 Å². The summed E-state index contributed by atoms with van der Waals surface area (Å²) in [5.41, 5.74) is 0. The summed E-state index contributed by atoms with van der Waals surface area (Å²) in [6.07, 6.45) is 2.08. The monoisotopic (exact) mass is 320 g/mol. The Bertz CT molecular complexity index is 475. The molecule has 2 N–H and O–H groups in total. The predicted octanol–water partition coefficient (Wildman–Crippen LogP) is 0.706. The highest BCUT2D eigenvalue weighted by molar-refractivity contribution is 7.91. The third-order valence-corrected chi connectivity index (χ3v) is 5.20. The number of carboxylic acids is 1. The summed E-state index contributed by atoms with van der Waals surface area (Å²) in [4.78, 5) is 24.1. The molecule has 0 spiro atoms. The average molecular weight is 320 g/mol. The van der Waals surface area contributed by atoms with E-state index in [-0.39, 0.29) is 11.5 Å². The largest absolute Gasteiger partial charge is 0.480 e. The van der Waals surface area contributed by atoms with Crippen molar-refractivity contribution in [3.8, 4) is 0 Å². The molecule has 0 saturated carbocycles. The minimum Gasteiger partial charge on any atom is -0.480 e. The van der Waals surface area contributed by atoms with Gasteiger partial charge in [0.2, 0.25) is 0 Å². The Morgan fingerprint density at radius 2 is 2.05 bits per heavy atom. The van der Waals surface area contributed by atoms with Gasteiger partial charge in [-0.15, -0.1) is 0 Å². The fourth-order valence-corrected chi connectivity index (χ4v) is 4.07. The number of nitrogens with one attached hydrogen (secondary N) is 1. The van der Waals surface area contributed by atoms with Crippen LogP contribution in [-0.2, 0) is 14.6 Å². The Hall–Kier alpha value is -1.31. The van der Waals surface area contributed by atoms with Gasteiger partial charge in [0.25, 0.3) is 0 Å². The fourth-order valence-electron chi connectivity index (χ4n) is 2.34. The van der Waals surface area contributed by atoms with E-state index in [0.717, 1.165) is 17.7 Å². The fraction of sp³-hybridized carbons (Fsp3) is 0.846. The van der Waals surface area contributed by atoms with Crippen LogP contribution >= 0.6 is 0 Å². The number of aliphatic carboxylic acids is 1. The first-order valence-corrected chi connectivity index (χ1v) is 9.00. The van der Waals surface area contributed by atoms with E-state index >= 15 is 0 Å². The van der Waals surface area contributed by atoms with Crippen molar-refractivity contribution in [3.05, 3.63) is 0 Å². The molecule has 1 aliphatic rings. The number of amides is 2. The average Bonchev–Trinajstić information content (AvgIpc) is 2.71. The SMILES string of the molecule is CC(C)CCCNC(=O)N(CC(=O)O)C1CCS(=O)(=O)C1. The molecule has 8 heteroatoms. The van der Waals surface area contributed by atoms with Crippen molar-refractivity contribution in [1.29, 1.82) is 0 Å². The summed E-state index contributed by atoms with van der Waals surface area (Å²) in [6, 6.07) is -1.04. The van der Waals surface area contributed by atoms with Gasteiger partial charge in [-0.25, -0.2) is 13.2 Å². The van der Waals surface area contributed by atoms with Crippen molar-refractivity contribution in [2.75, 3.05) is 24.6 Å². The number of rotatable bonds is 7. The molecule has 0 radical (unpaired) electrons. The molecule has 1 saturated heterocycles. The molecule has 2 amide bonds. The van der Waals surface area contributed by atoms with Crippen LogP contribution < -0.4 is 5.32 Å². The second-order valence-electron chi connectivity index (χ2n) is 5.85. The molecule has 0 aromatic heterocycles. The number of hydrogen-bond acceptors (Lipinski definition) is 4. The van der Waals surface area contributed by atoms with Crippen LogP contribution in [0.2, 0.25) is 0 Å². The summed E-state index contributed by atoms with van der Waals surface area (Å²) in [7, 11) is -3.16. The van der Waals surface area contributed by atoms with E-state index in [9.17, 15) is 18.0 Å². The van der Waals surface area contributed by atoms with E-state index < -0.39 is 34.4 Å². The molecule has 122 valence electrons. The second-order valence-corrected chi connectivity index (χ2v) is 8.08. The summed E-state index contributed by atoms with van der Waals surface area (Å²) in [5, 5.41) is 11.6. The molecule has 1 fully saturated rings. The zero-order chi connectivity index (χ0) is 16.0. The van der Waals surface area contributed by atoms with Gasteiger partial charge < -0.3 is 15.3 Å². The van der Waals surface area contributed by atoms with Gasteiger partial charge >= 0.3 is 12.0 Å². The summed E-state index contributed by atoms with van der Waals surface area (Å²) >= 11 is 0. The number of carboxylic acid groups (broad SMARTS) is 1. The third-order valence-electron chi connectivity index (χ3n) is 3.45. The number of sulfone groups is 1. The van der Waals surface area contributed by atoms with Crippen LogP contribution in [0.5, 0.6) is 0 Å². The lowest BCUT2D eigenvalue weighted by Crippen LogP contribution is -2.49. The van der Waals surface area contributed by atoms with Crippen LogP contribution in [0.25, 0.3) is 0 Å². The van der Waals surface area contributed by atoms with Gasteiger partial charge in [-0.2, -0.15) is 0 Å². The van der Waals surface area contributed by atoms with Crippen molar-refractivity contribution >= 4 is 21.8 Å². The number of carbonyl (C=O) groups excluding carboxylic acids is 1. The van der Waals surface area contributed by atoms with E-state index in [4.69, 9.17) is 5.11 Å². The van der Waals surface area contributed by atoms with Crippen LogP contribution in [0.15, 0.2) is 0 Å². The third kappa shape index (κ3) is 6.33. The Morgan fingerprint density at radius 1 is 1.38 bits per heavy atom. The van der Waals surface area contributed by atoms with Crippen LogP contribution in [0.4, 0.5) is 4.79 Å². The first kappa shape index (κ1) is 17.7. The molecular weight excluding hydrogens is 296 g/mol. The lowest BCUT2D eigenvalue weighted by atomic mass is 10.1. The van der Waals surface area contributed by atoms with Crippen LogP contribution in [0.1, 0.15) is 33.1 Å². The van der Waals surface area contributed by atoms with E-state index in [0.29, 0.717) is 18.9 Å². The molecule has 7 nitrogen and oxygen atoms in total. The number of nitrogens with zero attached hydrogens (tertiary/aromatic N) is 1. The Labute approximate surface area is 125 Å². The quantitative estimate of drug-likeness (QED) is 0.672. The first-order chi connectivity index (χ1) is 9.71. The molecule has 1 aliphatic heterocycles. The van der Waals surface area contributed by atoms with Gasteiger partial charge in [0.1, 0.15) is 6.54 Å². The number of hydrogen-bond donors (Lipinski definition) is 2. The normalized spacial score (nSPS) is 20.4. The van der Waals surface area contributed by atoms with Crippen molar-refractivity contribution in [2.24, 2.45) is 5.92 Å². The first-order valence-electron chi connectivity index (χ1n) is 7.18. The van der Waals surface area contributed by atoms with Gasteiger partial charge in [-0.1, -0.05) is 13.8 Å². The zero-order valence-electron chi connectivity index (χ0n) is 12.5. The molecule has 1 unspecified atom stereocenters. The van der Waals surface area contributed by atoms with Crippen molar-refractivity contribution in [3.63, 3.8) is 0 Å². The van der Waals surface area contributed by atoms with E-state index in [1.165, 1.54) is 0 Å². The van der Waals surface area contributed by atoms with Crippen molar-refractivity contribution in [2.45, 2.75) is 39.2 Å². The smallest absolute Gasteiger partial charge is 0.323 e. The molecular formula is C13H24N2O5S. The predicted molar refractivity (Wildman–Crippen MR) is 78.9 cm³/mol. The van der Waals surface area contributed by atoms with E-state index in [2.05, 4.69) is 19.2 Å². The van der Waals surface area contributed by atoms with Gasteiger partial charge in [-0.3, -0.25) is 4.79 Å². The van der Waals surface area contributed by atoms with E-state index in [1.807, 2.05) is 0 Å². The summed E-state index contributed by atoms with van der Waals surface area (Å²) in [6.45, 7) is 4.16. The van der Waals surface area contributed by atoms with Gasteiger partial charge in [0, 0.05) is 12.6 Å². The minimum atomic E-state index is -3.16. The topological polar surface area (TPSA) is 104 Å². The van der Waals surface area contributed by atoms with Gasteiger partial charge in [-0.05, 0) is 25.2 Å². The second kappa shape index (κ2) is 7.63. The molecule has 1 heterocycles. The lowest BCUT2D eigenvalue weighted by molar-refractivity contribution is -0.138. The highest BCUT2D eigenvalue weighted by Crippen LogP contribution is 2.17. The maximum absolute atomic E-state index is 12.1. The Kier molecular flexibility index (Phi) is 6.44. The highest BCUT2D eigenvalue weighted by atomic mass is 32.2. The standard InChI is InChI=1S/C13H24N2O5S/c1-10(2)4-3-6-14-13(18)15(8-12(16)17)11-5-7-21(19,20)9-11/h10-11H,3-9H2,1-2H3,(H,14,18)(H,16,17). The molecule has 0 aromatic rings. The molecule has 0 bridgehead atoms. The maximum Gasteiger partial charge on any atom is 0.323 e.